The van der Waals surface area contributed by atoms with Crippen molar-refractivity contribution >= 4 is 86.9 Å². The molecule has 0 spiro atoms. The second-order valence-corrected chi connectivity index (χ2v) is 15.6. The van der Waals surface area contributed by atoms with Gasteiger partial charge in [0.05, 0.1) is 23.4 Å². The number of rotatable bonds is 14. The van der Waals surface area contributed by atoms with Crippen LogP contribution < -0.4 is 10.1 Å². The Kier molecular flexibility index (Phi) is 11.7. The summed E-state index contributed by atoms with van der Waals surface area (Å²) < 4.78 is 96.4. The van der Waals surface area contributed by atoms with Crippen LogP contribution in [0.3, 0.4) is 0 Å². The van der Waals surface area contributed by atoms with Gasteiger partial charge in [-0.15, -0.1) is 26.9 Å². The molecular formula is C29H25ClN6O14S3. The number of ether oxygens (including phenoxy) is 1. The van der Waals surface area contributed by atoms with Crippen LogP contribution in [0.5, 0.6) is 17.2 Å². The van der Waals surface area contributed by atoms with Gasteiger partial charge in [0.25, 0.3) is 20.2 Å². The molecule has 0 fully saturated rings. The Morgan fingerprint density at radius 2 is 1.53 bits per heavy atom. The predicted molar refractivity (Wildman–Crippen MR) is 186 cm³/mol. The number of hydrogen-bond acceptors (Lipinski definition) is 17. The number of alkyl halides is 1. The van der Waals surface area contributed by atoms with Crippen LogP contribution in [-0.4, -0.2) is 85.2 Å². The smallest absolute Gasteiger partial charge is 0.356 e. The van der Waals surface area contributed by atoms with Gasteiger partial charge in [-0.25, -0.2) is 13.2 Å². The summed E-state index contributed by atoms with van der Waals surface area (Å²) in [5.74, 6) is -5.56. The number of carboxylic acid groups (broad SMARTS) is 1. The van der Waals surface area contributed by atoms with Crippen molar-refractivity contribution in [3.8, 4) is 17.2 Å². The molecule has 0 heterocycles. The Labute approximate surface area is 304 Å². The fraction of sp³-hybridized carbons (Fsp3) is 0.103. The third-order valence-corrected chi connectivity index (χ3v) is 10.7. The lowest BCUT2D eigenvalue weighted by molar-refractivity contribution is -0.129. The van der Waals surface area contributed by atoms with Crippen molar-refractivity contribution in [3.05, 3.63) is 72.2 Å². The van der Waals surface area contributed by atoms with E-state index in [1.54, 1.807) is 0 Å². The molecule has 20 nitrogen and oxygen atoms in total. The van der Waals surface area contributed by atoms with Gasteiger partial charge in [-0.05, 0) is 47.9 Å². The van der Waals surface area contributed by atoms with Crippen LogP contribution >= 0.6 is 11.6 Å². The summed E-state index contributed by atoms with van der Waals surface area (Å²) in [5.41, 5.74) is -3.66. The van der Waals surface area contributed by atoms with Crippen LogP contribution in [0.1, 0.15) is 0 Å². The van der Waals surface area contributed by atoms with Crippen molar-refractivity contribution in [2.75, 3.05) is 24.1 Å². The quantitative estimate of drug-likeness (QED) is 0.0266. The van der Waals surface area contributed by atoms with Gasteiger partial charge in [-0.3, -0.25) is 14.5 Å². The molecule has 0 aromatic heterocycles. The number of carbonyl (C=O) groups is 1. The Bertz CT molecular complexity index is 2580. The maximum atomic E-state index is 12.5. The summed E-state index contributed by atoms with van der Waals surface area (Å²) in [5, 5.41) is 66.3. The molecule has 0 aliphatic rings. The maximum absolute atomic E-state index is 12.5. The third kappa shape index (κ3) is 9.21. The Hall–Kier alpha value is -5.72. The number of methoxy groups -OCH3 is 1. The molecule has 0 saturated heterocycles. The van der Waals surface area contributed by atoms with Crippen LogP contribution in [0.4, 0.5) is 22.7 Å². The van der Waals surface area contributed by atoms with Crippen molar-refractivity contribution in [3.63, 3.8) is 0 Å². The molecule has 0 aliphatic carbocycles. The van der Waals surface area contributed by atoms with Crippen LogP contribution in [0.2, 0.25) is 0 Å². The van der Waals surface area contributed by atoms with Gasteiger partial charge in [0.2, 0.25) is 5.88 Å². The SMILES string of the molecule is COc1cc(N=Nc2c(S(=O)(=O)O)cc3ccc(N=N/C(C(=N)C(=O)O)=C(\O)Nc4ccc(S(=O)(=O)O)cc4)cc3c2O)c(O)cc1S(=O)(=O)CCCl. The fourth-order valence-electron chi connectivity index (χ4n) is 4.35. The normalized spacial score (nSPS) is 13.0. The average Bonchev–Trinajstić information content (AvgIpc) is 3.07. The Morgan fingerprint density at radius 1 is 0.868 bits per heavy atom. The number of aliphatic hydroxyl groups is 1. The van der Waals surface area contributed by atoms with E-state index in [-0.39, 0.29) is 33.8 Å². The minimum atomic E-state index is -5.10. The number of benzene rings is 4. The van der Waals surface area contributed by atoms with Crippen molar-refractivity contribution in [1.82, 2.24) is 0 Å². The number of hydrogen-bond donors (Lipinski definition) is 8. The number of anilines is 1. The van der Waals surface area contributed by atoms with Gasteiger partial charge >= 0.3 is 5.97 Å². The van der Waals surface area contributed by atoms with Crippen LogP contribution in [0.25, 0.3) is 10.8 Å². The predicted octanol–water partition coefficient (Wildman–Crippen LogP) is 5.21. The van der Waals surface area contributed by atoms with Crippen molar-refractivity contribution < 1.29 is 64.3 Å². The van der Waals surface area contributed by atoms with Crippen molar-refractivity contribution in [2.45, 2.75) is 14.7 Å². The molecule has 0 aliphatic heterocycles. The second-order valence-electron chi connectivity index (χ2n) is 10.4. The molecule has 0 unspecified atom stereocenters. The van der Waals surface area contributed by atoms with E-state index < -0.39 is 96.6 Å². The highest BCUT2D eigenvalue weighted by Gasteiger charge is 2.25. The number of aliphatic hydroxyl groups excluding tert-OH is 1. The summed E-state index contributed by atoms with van der Waals surface area (Å²) in [4.78, 5) is 9.72. The molecular weight excluding hydrogens is 788 g/mol. The largest absolute Gasteiger partial charge is 0.506 e. The highest BCUT2D eigenvalue weighted by molar-refractivity contribution is 7.91. The summed E-state index contributed by atoms with van der Waals surface area (Å²) in [6, 6.07) is 10.3. The molecule has 0 saturated carbocycles. The van der Waals surface area contributed by atoms with Gasteiger partial charge in [0.1, 0.15) is 32.7 Å². The third-order valence-electron chi connectivity index (χ3n) is 6.87. The molecule has 8 N–H and O–H groups in total. The second kappa shape index (κ2) is 15.5. The lowest BCUT2D eigenvalue weighted by Crippen LogP contribution is -2.17. The Morgan fingerprint density at radius 3 is 2.09 bits per heavy atom. The number of aromatic hydroxyl groups is 2. The van der Waals surface area contributed by atoms with Crippen LogP contribution in [-0.2, 0) is 34.9 Å². The number of aliphatic carboxylic acids is 1. The number of fused-ring (bicyclic) bond motifs is 1. The van der Waals surface area contributed by atoms with Gasteiger partial charge in [0, 0.05) is 29.1 Å². The zero-order chi connectivity index (χ0) is 39.5. The number of phenolic OH excluding ortho intramolecular Hbond substituents is 2. The summed E-state index contributed by atoms with van der Waals surface area (Å²) in [6.07, 6.45) is 0. The molecule has 0 radical (unpaired) electrons. The maximum Gasteiger partial charge on any atom is 0.356 e. The Balaban J connectivity index is 1.80. The van der Waals surface area contributed by atoms with Gasteiger partial charge in [-0.2, -0.15) is 21.9 Å². The number of nitrogens with one attached hydrogen (secondary N) is 2. The van der Waals surface area contributed by atoms with E-state index >= 15 is 0 Å². The fourth-order valence-corrected chi connectivity index (χ4v) is 7.26. The van der Waals surface area contributed by atoms with E-state index in [2.05, 4.69) is 25.8 Å². The van der Waals surface area contributed by atoms with E-state index in [0.717, 1.165) is 55.6 Å². The minimum Gasteiger partial charge on any atom is -0.506 e. The molecule has 0 atom stereocenters. The van der Waals surface area contributed by atoms with Crippen molar-refractivity contribution in [1.29, 1.82) is 5.41 Å². The molecule has 4 aromatic carbocycles. The minimum absolute atomic E-state index is 0.0155. The molecule has 4 rings (SSSR count). The average molecular weight is 813 g/mol. The first kappa shape index (κ1) is 40.1. The van der Waals surface area contributed by atoms with Gasteiger partial charge in [-0.1, -0.05) is 6.07 Å². The summed E-state index contributed by atoms with van der Waals surface area (Å²) in [6.45, 7) is 0. The monoisotopic (exact) mass is 812 g/mol. The number of sulfone groups is 1. The number of phenols is 2. The highest BCUT2D eigenvalue weighted by atomic mass is 35.5. The molecule has 0 amide bonds. The topological polar surface area (TPSA) is 335 Å². The number of azo groups is 2. The van der Waals surface area contributed by atoms with Gasteiger partial charge in [0.15, 0.2) is 27.0 Å². The molecule has 24 heteroatoms. The zero-order valence-electron chi connectivity index (χ0n) is 26.5. The lowest BCUT2D eigenvalue weighted by atomic mass is 10.1. The van der Waals surface area contributed by atoms with E-state index in [9.17, 15) is 55.0 Å². The first-order valence-corrected chi connectivity index (χ1v) is 19.1. The number of carboxylic acids is 1. The van der Waals surface area contributed by atoms with E-state index in [1.807, 2.05) is 0 Å². The van der Waals surface area contributed by atoms with Gasteiger partial charge < -0.3 is 30.5 Å². The molecule has 53 heavy (non-hydrogen) atoms. The zero-order valence-corrected chi connectivity index (χ0v) is 29.7. The van der Waals surface area contributed by atoms with Crippen molar-refractivity contribution in [2.24, 2.45) is 20.5 Å². The van der Waals surface area contributed by atoms with Crippen LogP contribution in [0, 0.1) is 5.41 Å². The highest BCUT2D eigenvalue weighted by Crippen LogP contribution is 2.44. The standard InChI is InChI=1S/C29H25ClN6O14S3/c1-50-21-12-19(20(37)13-22(21)51(42,43)9-8-30)34-35-25-23(53(47,48)49)10-14-2-3-16(11-18(14)27(25)38)33-36-26(24(31)29(40)41)28(39)32-15-4-6-17(7-5-15)52(44,45)46/h2-7,10-13,31-32,37-39H,8-9H2,1H3,(H,40,41)(H,44,45,46)(H,47,48,49)/b28-26-,31-24?,35-34?,36-33?. The first-order chi connectivity index (χ1) is 24.7. The van der Waals surface area contributed by atoms with E-state index in [0.29, 0.717) is 0 Å². The molecule has 4 aromatic rings. The van der Waals surface area contributed by atoms with E-state index in [1.165, 1.54) is 12.1 Å². The molecule has 0 bridgehead atoms. The molecule has 280 valence electrons. The lowest BCUT2D eigenvalue weighted by Gasteiger charge is -2.11. The van der Waals surface area contributed by atoms with E-state index in [4.69, 9.17) is 26.3 Å². The van der Waals surface area contributed by atoms with Crippen LogP contribution in [0.15, 0.2) is 107 Å². The first-order valence-electron chi connectivity index (χ1n) is 14.1. The summed E-state index contributed by atoms with van der Waals surface area (Å²) >= 11 is 5.56. The summed E-state index contributed by atoms with van der Waals surface area (Å²) in [7, 11) is -12.5. The number of nitrogens with zero attached hydrogens (tertiary/aromatic N) is 4. The number of halogens is 1.